The first kappa shape index (κ1) is 21.9. The molecule has 154 valence electrons. The molecular weight excluding hydrogens is 352 g/mol. The van der Waals surface area contributed by atoms with Crippen molar-refractivity contribution in [1.29, 1.82) is 0 Å². The lowest BCUT2D eigenvalue weighted by Gasteiger charge is -2.31. The second-order valence-electron chi connectivity index (χ2n) is 7.51. The average molecular weight is 387 g/mol. The second-order valence-corrected chi connectivity index (χ2v) is 7.51. The standard InChI is InChI=1S/C21H34N6O/c1-6-26(7-2)20(12-16(3)4)13-23-21(28)25-17(5)18-8-10-19(11-9-18)27-15-22-14-24-27/h8-11,14-17,20H,6-7,12-13H2,1-5H3,(H2,23,25,28). The van der Waals surface area contributed by atoms with Crippen molar-refractivity contribution in [2.75, 3.05) is 19.6 Å². The summed E-state index contributed by atoms with van der Waals surface area (Å²) in [6, 6.07) is 8.09. The normalized spacial score (nSPS) is 13.5. The van der Waals surface area contributed by atoms with E-state index in [-0.39, 0.29) is 12.1 Å². The molecule has 0 aliphatic heterocycles. The number of hydrogen-bond acceptors (Lipinski definition) is 4. The highest BCUT2D eigenvalue weighted by atomic mass is 16.2. The minimum Gasteiger partial charge on any atom is -0.337 e. The number of likely N-dealkylation sites (N-methyl/N-ethyl adjacent to an activating group) is 1. The Balaban J connectivity index is 1.88. The highest BCUT2D eigenvalue weighted by Gasteiger charge is 2.18. The predicted octanol–water partition coefficient (Wildman–Crippen LogP) is 3.38. The van der Waals surface area contributed by atoms with Crippen LogP contribution in [0.5, 0.6) is 0 Å². The van der Waals surface area contributed by atoms with Gasteiger partial charge in [-0.2, -0.15) is 5.10 Å². The van der Waals surface area contributed by atoms with E-state index in [0.29, 0.717) is 18.5 Å². The molecule has 0 saturated carbocycles. The molecule has 0 aliphatic rings. The fraction of sp³-hybridized carbons (Fsp3) is 0.571. The number of carbonyl (C=O) groups is 1. The number of hydrogen-bond donors (Lipinski definition) is 2. The Kier molecular flexibility index (Phi) is 8.44. The van der Waals surface area contributed by atoms with Crippen molar-refractivity contribution in [3.63, 3.8) is 0 Å². The Bertz CT molecular complexity index is 694. The van der Waals surface area contributed by atoms with Crippen LogP contribution >= 0.6 is 0 Å². The first-order chi connectivity index (χ1) is 13.4. The fourth-order valence-electron chi connectivity index (χ4n) is 3.44. The zero-order valence-corrected chi connectivity index (χ0v) is 17.7. The quantitative estimate of drug-likeness (QED) is 0.656. The molecule has 0 bridgehead atoms. The molecule has 1 aromatic carbocycles. The lowest BCUT2D eigenvalue weighted by molar-refractivity contribution is 0.183. The highest BCUT2D eigenvalue weighted by Crippen LogP contribution is 2.15. The van der Waals surface area contributed by atoms with Crippen LogP contribution in [0.2, 0.25) is 0 Å². The number of carbonyl (C=O) groups excluding carboxylic acids is 1. The summed E-state index contributed by atoms with van der Waals surface area (Å²) < 4.78 is 1.71. The van der Waals surface area contributed by atoms with Gasteiger partial charge in [-0.1, -0.05) is 39.8 Å². The largest absolute Gasteiger partial charge is 0.337 e. The molecule has 1 heterocycles. The van der Waals surface area contributed by atoms with Crippen LogP contribution in [0, 0.1) is 5.92 Å². The van der Waals surface area contributed by atoms with Crippen molar-refractivity contribution in [3.8, 4) is 5.69 Å². The Morgan fingerprint density at radius 3 is 2.36 bits per heavy atom. The van der Waals surface area contributed by atoms with Crippen LogP contribution in [0.25, 0.3) is 5.69 Å². The van der Waals surface area contributed by atoms with Gasteiger partial charge in [0.05, 0.1) is 11.7 Å². The number of aromatic nitrogens is 3. The van der Waals surface area contributed by atoms with E-state index in [1.807, 2.05) is 31.2 Å². The van der Waals surface area contributed by atoms with E-state index >= 15 is 0 Å². The van der Waals surface area contributed by atoms with Gasteiger partial charge in [-0.3, -0.25) is 4.90 Å². The van der Waals surface area contributed by atoms with Gasteiger partial charge >= 0.3 is 6.03 Å². The number of rotatable bonds is 10. The van der Waals surface area contributed by atoms with E-state index in [2.05, 4.69) is 53.3 Å². The average Bonchev–Trinajstić information content (AvgIpc) is 3.21. The molecule has 28 heavy (non-hydrogen) atoms. The molecule has 2 amide bonds. The fourth-order valence-corrected chi connectivity index (χ4v) is 3.44. The van der Waals surface area contributed by atoms with E-state index < -0.39 is 0 Å². The molecule has 0 spiro atoms. The summed E-state index contributed by atoms with van der Waals surface area (Å²) >= 11 is 0. The molecule has 0 aliphatic carbocycles. The van der Waals surface area contributed by atoms with Crippen LogP contribution in [-0.2, 0) is 0 Å². The van der Waals surface area contributed by atoms with Crippen molar-refractivity contribution < 1.29 is 4.79 Å². The van der Waals surface area contributed by atoms with E-state index in [1.54, 1.807) is 11.0 Å². The maximum Gasteiger partial charge on any atom is 0.315 e. The Morgan fingerprint density at radius 1 is 1.14 bits per heavy atom. The summed E-state index contributed by atoms with van der Waals surface area (Å²) in [6.45, 7) is 13.4. The summed E-state index contributed by atoms with van der Waals surface area (Å²) in [5.74, 6) is 0.595. The van der Waals surface area contributed by atoms with Crippen molar-refractivity contribution in [1.82, 2.24) is 30.3 Å². The maximum absolute atomic E-state index is 12.4. The molecule has 2 rings (SSSR count). The van der Waals surface area contributed by atoms with Gasteiger partial charge in [0.25, 0.3) is 0 Å². The Labute approximate surface area is 168 Å². The van der Waals surface area contributed by atoms with Gasteiger partial charge in [0.2, 0.25) is 0 Å². The van der Waals surface area contributed by atoms with Crippen LogP contribution < -0.4 is 10.6 Å². The summed E-state index contributed by atoms with van der Waals surface area (Å²) in [5, 5.41) is 10.2. The summed E-state index contributed by atoms with van der Waals surface area (Å²) in [7, 11) is 0. The number of amides is 2. The number of nitrogens with zero attached hydrogens (tertiary/aromatic N) is 4. The summed E-state index contributed by atoms with van der Waals surface area (Å²) in [6.07, 6.45) is 4.24. The Hall–Kier alpha value is -2.41. The van der Waals surface area contributed by atoms with Gasteiger partial charge in [0.15, 0.2) is 0 Å². The van der Waals surface area contributed by atoms with E-state index in [9.17, 15) is 4.79 Å². The van der Waals surface area contributed by atoms with E-state index in [4.69, 9.17) is 0 Å². The smallest absolute Gasteiger partial charge is 0.315 e. The van der Waals surface area contributed by atoms with E-state index in [1.165, 1.54) is 6.33 Å². The number of benzene rings is 1. The molecule has 7 nitrogen and oxygen atoms in total. The zero-order valence-electron chi connectivity index (χ0n) is 17.7. The molecular formula is C21H34N6O. The maximum atomic E-state index is 12.4. The molecule has 2 unspecified atom stereocenters. The molecule has 0 fully saturated rings. The Morgan fingerprint density at radius 2 is 1.82 bits per heavy atom. The summed E-state index contributed by atoms with van der Waals surface area (Å²) in [4.78, 5) is 18.8. The monoisotopic (exact) mass is 386 g/mol. The third-order valence-corrected chi connectivity index (χ3v) is 4.99. The number of nitrogens with one attached hydrogen (secondary N) is 2. The first-order valence-electron chi connectivity index (χ1n) is 10.2. The van der Waals surface area contributed by atoms with Crippen LogP contribution in [-0.4, -0.2) is 51.4 Å². The first-order valence-corrected chi connectivity index (χ1v) is 10.2. The lowest BCUT2D eigenvalue weighted by Crippen LogP contribution is -2.47. The van der Waals surface area contributed by atoms with Gasteiger partial charge in [0, 0.05) is 12.6 Å². The number of urea groups is 1. The zero-order chi connectivity index (χ0) is 20.5. The molecule has 1 aromatic heterocycles. The lowest BCUT2D eigenvalue weighted by atomic mass is 10.0. The third kappa shape index (κ3) is 6.34. The topological polar surface area (TPSA) is 75.1 Å². The van der Waals surface area contributed by atoms with E-state index in [0.717, 1.165) is 30.8 Å². The molecule has 7 heteroatoms. The molecule has 2 atom stereocenters. The van der Waals surface area contributed by atoms with Crippen molar-refractivity contribution in [2.24, 2.45) is 5.92 Å². The van der Waals surface area contributed by atoms with Gasteiger partial charge < -0.3 is 10.6 Å². The summed E-state index contributed by atoms with van der Waals surface area (Å²) in [5.41, 5.74) is 1.98. The highest BCUT2D eigenvalue weighted by molar-refractivity contribution is 5.74. The van der Waals surface area contributed by atoms with Crippen LogP contribution in [0.3, 0.4) is 0 Å². The van der Waals surface area contributed by atoms with Crippen molar-refractivity contribution in [2.45, 2.75) is 53.1 Å². The van der Waals surface area contributed by atoms with Gasteiger partial charge in [-0.25, -0.2) is 14.5 Å². The third-order valence-electron chi connectivity index (χ3n) is 4.99. The van der Waals surface area contributed by atoms with Crippen LogP contribution in [0.1, 0.15) is 52.6 Å². The minimum atomic E-state index is -0.131. The van der Waals surface area contributed by atoms with Crippen molar-refractivity contribution in [3.05, 3.63) is 42.5 Å². The molecule has 2 N–H and O–H groups in total. The van der Waals surface area contributed by atoms with Gasteiger partial charge in [-0.15, -0.1) is 0 Å². The van der Waals surface area contributed by atoms with Gasteiger partial charge in [-0.05, 0) is 50.0 Å². The van der Waals surface area contributed by atoms with Crippen LogP contribution in [0.15, 0.2) is 36.9 Å². The van der Waals surface area contributed by atoms with Gasteiger partial charge in [0.1, 0.15) is 12.7 Å². The van der Waals surface area contributed by atoms with Crippen LogP contribution in [0.4, 0.5) is 4.79 Å². The molecule has 0 saturated heterocycles. The molecule has 0 radical (unpaired) electrons. The minimum absolute atomic E-state index is 0.0817. The second kappa shape index (κ2) is 10.8. The predicted molar refractivity (Wildman–Crippen MR) is 112 cm³/mol. The van der Waals surface area contributed by atoms with Crippen molar-refractivity contribution >= 4 is 6.03 Å². The SMILES string of the molecule is CCN(CC)C(CNC(=O)NC(C)c1ccc(-n2cncn2)cc1)CC(C)C. The molecule has 2 aromatic rings.